The van der Waals surface area contributed by atoms with Gasteiger partial charge in [-0.3, -0.25) is 0 Å². The molecule has 0 bridgehead atoms. The number of hydrogen-bond acceptors (Lipinski definition) is 2. The van der Waals surface area contributed by atoms with E-state index in [9.17, 15) is 0 Å². The summed E-state index contributed by atoms with van der Waals surface area (Å²) < 4.78 is 5.03. The van der Waals surface area contributed by atoms with E-state index in [0.29, 0.717) is 0 Å². The largest absolute Gasteiger partial charge is 0.385 e. The summed E-state index contributed by atoms with van der Waals surface area (Å²) in [5.41, 5.74) is 1.20. The van der Waals surface area contributed by atoms with E-state index < -0.39 is 0 Å². The Morgan fingerprint density at radius 1 is 1.06 bits per heavy atom. The summed E-state index contributed by atoms with van der Waals surface area (Å²) in [5, 5.41) is 6.00. The zero-order chi connectivity index (χ0) is 11.2. The lowest BCUT2D eigenvalue weighted by atomic mass is 10.1. The van der Waals surface area contributed by atoms with Crippen molar-refractivity contribution in [3.63, 3.8) is 0 Å². The predicted molar refractivity (Wildman–Crippen MR) is 76.2 cm³/mol. The molecule has 0 saturated heterocycles. The van der Waals surface area contributed by atoms with Crippen LogP contribution in [0.2, 0.25) is 0 Å². The van der Waals surface area contributed by atoms with Gasteiger partial charge in [-0.25, -0.2) is 0 Å². The topological polar surface area (TPSA) is 21.3 Å². The zero-order valence-electron chi connectivity index (χ0n) is 9.98. The average molecular weight is 252 g/mol. The molecular formula is C14H18ClNO. The van der Waals surface area contributed by atoms with E-state index in [2.05, 4.69) is 47.8 Å². The fourth-order valence-corrected chi connectivity index (χ4v) is 1.82. The number of fused-ring (bicyclic) bond motifs is 1. The summed E-state index contributed by atoms with van der Waals surface area (Å²) in [4.78, 5) is 0. The van der Waals surface area contributed by atoms with Gasteiger partial charge in [-0.2, -0.15) is 0 Å². The van der Waals surface area contributed by atoms with Crippen molar-refractivity contribution in [1.82, 2.24) is 0 Å². The highest BCUT2D eigenvalue weighted by atomic mass is 35.5. The molecule has 0 aromatic heterocycles. The van der Waals surface area contributed by atoms with Crippen LogP contribution in [0.15, 0.2) is 42.5 Å². The Labute approximate surface area is 108 Å². The summed E-state index contributed by atoms with van der Waals surface area (Å²) >= 11 is 0. The van der Waals surface area contributed by atoms with Crippen molar-refractivity contribution in [3.8, 4) is 0 Å². The molecule has 2 aromatic rings. The first-order valence-corrected chi connectivity index (χ1v) is 5.62. The Kier molecular flexibility index (Phi) is 5.81. The van der Waals surface area contributed by atoms with Gasteiger partial charge in [0.2, 0.25) is 0 Å². The molecule has 0 aliphatic heterocycles. The number of ether oxygens (including phenoxy) is 1. The van der Waals surface area contributed by atoms with Gasteiger partial charge < -0.3 is 10.1 Å². The minimum Gasteiger partial charge on any atom is -0.385 e. The molecule has 2 rings (SSSR count). The van der Waals surface area contributed by atoms with Crippen molar-refractivity contribution >= 4 is 28.9 Å². The van der Waals surface area contributed by atoms with Crippen LogP contribution in [0.4, 0.5) is 5.69 Å². The molecule has 1 N–H and O–H groups in total. The zero-order valence-corrected chi connectivity index (χ0v) is 10.8. The lowest BCUT2D eigenvalue weighted by molar-refractivity contribution is 0.198. The minimum atomic E-state index is 0. The van der Waals surface area contributed by atoms with Crippen molar-refractivity contribution in [2.24, 2.45) is 0 Å². The van der Waals surface area contributed by atoms with Crippen molar-refractivity contribution in [2.45, 2.75) is 6.42 Å². The van der Waals surface area contributed by atoms with Crippen LogP contribution < -0.4 is 5.32 Å². The lowest BCUT2D eigenvalue weighted by Gasteiger charge is -2.09. The van der Waals surface area contributed by atoms with Crippen LogP contribution in [-0.4, -0.2) is 20.3 Å². The maximum absolute atomic E-state index is 5.03. The molecule has 0 fully saturated rings. The molecular weight excluding hydrogens is 234 g/mol. The first kappa shape index (κ1) is 13.8. The van der Waals surface area contributed by atoms with Crippen LogP contribution in [0.3, 0.4) is 0 Å². The maximum atomic E-state index is 5.03. The average Bonchev–Trinajstić information content (AvgIpc) is 2.35. The summed E-state index contributed by atoms with van der Waals surface area (Å²) in [5.74, 6) is 0. The number of nitrogens with one attached hydrogen (secondary N) is 1. The number of rotatable bonds is 5. The van der Waals surface area contributed by atoms with Crippen molar-refractivity contribution in [3.05, 3.63) is 42.5 Å². The molecule has 0 spiro atoms. The molecule has 0 aliphatic rings. The highest BCUT2D eigenvalue weighted by Gasteiger charge is 1.98. The van der Waals surface area contributed by atoms with E-state index >= 15 is 0 Å². The second-order valence-corrected chi connectivity index (χ2v) is 3.80. The van der Waals surface area contributed by atoms with Gasteiger partial charge in [0.25, 0.3) is 0 Å². The Balaban J connectivity index is 0.00000144. The van der Waals surface area contributed by atoms with Gasteiger partial charge >= 0.3 is 0 Å². The summed E-state index contributed by atoms with van der Waals surface area (Å²) in [6.45, 7) is 1.75. The Morgan fingerprint density at radius 3 is 2.65 bits per heavy atom. The molecule has 0 heterocycles. The number of halogens is 1. The van der Waals surface area contributed by atoms with Crippen LogP contribution >= 0.6 is 12.4 Å². The number of methoxy groups -OCH3 is 1. The second kappa shape index (κ2) is 7.15. The summed E-state index contributed by atoms with van der Waals surface area (Å²) in [6, 6.07) is 14.8. The van der Waals surface area contributed by atoms with Crippen LogP contribution in [0, 0.1) is 0 Å². The first-order chi connectivity index (χ1) is 7.92. The van der Waals surface area contributed by atoms with Crippen LogP contribution in [0.1, 0.15) is 6.42 Å². The summed E-state index contributed by atoms with van der Waals surface area (Å²) in [7, 11) is 1.73. The third-order valence-corrected chi connectivity index (χ3v) is 2.63. The minimum absolute atomic E-state index is 0. The van der Waals surface area contributed by atoms with Gasteiger partial charge in [-0.15, -0.1) is 12.4 Å². The van der Waals surface area contributed by atoms with Gasteiger partial charge in [-0.05, 0) is 17.9 Å². The van der Waals surface area contributed by atoms with E-state index in [-0.39, 0.29) is 12.4 Å². The van der Waals surface area contributed by atoms with Crippen LogP contribution in [-0.2, 0) is 4.74 Å². The molecule has 0 atom stereocenters. The molecule has 0 amide bonds. The van der Waals surface area contributed by atoms with Gasteiger partial charge in [0.15, 0.2) is 0 Å². The van der Waals surface area contributed by atoms with Crippen molar-refractivity contribution in [2.75, 3.05) is 25.6 Å². The fourth-order valence-electron chi connectivity index (χ4n) is 1.82. The lowest BCUT2D eigenvalue weighted by Crippen LogP contribution is -2.04. The van der Waals surface area contributed by atoms with Gasteiger partial charge in [-0.1, -0.05) is 36.4 Å². The van der Waals surface area contributed by atoms with Crippen molar-refractivity contribution in [1.29, 1.82) is 0 Å². The first-order valence-electron chi connectivity index (χ1n) is 5.62. The Morgan fingerprint density at radius 2 is 1.82 bits per heavy atom. The number of hydrogen-bond donors (Lipinski definition) is 1. The quantitative estimate of drug-likeness (QED) is 0.818. The molecule has 0 radical (unpaired) electrons. The van der Waals surface area contributed by atoms with E-state index in [1.807, 2.05) is 0 Å². The van der Waals surface area contributed by atoms with E-state index in [0.717, 1.165) is 19.6 Å². The van der Waals surface area contributed by atoms with Gasteiger partial charge in [0.05, 0.1) is 0 Å². The molecule has 2 nitrogen and oxygen atoms in total. The third kappa shape index (κ3) is 3.62. The molecule has 0 unspecified atom stereocenters. The van der Waals surface area contributed by atoms with Gasteiger partial charge in [0, 0.05) is 31.3 Å². The Hall–Kier alpha value is -1.25. The van der Waals surface area contributed by atoms with Crippen LogP contribution in [0.25, 0.3) is 10.8 Å². The SMILES string of the molecule is COCCCNc1cccc2ccccc12.Cl. The molecule has 0 aliphatic carbocycles. The van der Waals surface area contributed by atoms with E-state index in [4.69, 9.17) is 4.74 Å². The molecule has 17 heavy (non-hydrogen) atoms. The fraction of sp³-hybridized carbons (Fsp3) is 0.286. The highest BCUT2D eigenvalue weighted by molar-refractivity contribution is 5.93. The molecule has 0 saturated carbocycles. The Bertz CT molecular complexity index is 453. The smallest absolute Gasteiger partial charge is 0.0479 e. The highest BCUT2D eigenvalue weighted by Crippen LogP contribution is 2.22. The monoisotopic (exact) mass is 251 g/mol. The van der Waals surface area contributed by atoms with E-state index in [1.54, 1.807) is 7.11 Å². The number of benzene rings is 2. The normalized spacial score (nSPS) is 9.94. The molecule has 2 aromatic carbocycles. The van der Waals surface area contributed by atoms with Crippen LogP contribution in [0.5, 0.6) is 0 Å². The second-order valence-electron chi connectivity index (χ2n) is 3.80. The molecule has 92 valence electrons. The number of anilines is 1. The summed E-state index contributed by atoms with van der Waals surface area (Å²) in [6.07, 6.45) is 1.03. The predicted octanol–water partition coefficient (Wildman–Crippen LogP) is 3.71. The maximum Gasteiger partial charge on any atom is 0.0479 e. The van der Waals surface area contributed by atoms with E-state index in [1.165, 1.54) is 16.5 Å². The molecule has 3 heteroatoms. The third-order valence-electron chi connectivity index (χ3n) is 2.63. The standard InChI is InChI=1S/C14H17NO.ClH/c1-16-11-5-10-15-14-9-4-7-12-6-2-3-8-13(12)14;/h2-4,6-9,15H,5,10-11H2,1H3;1H. The van der Waals surface area contributed by atoms with Gasteiger partial charge in [0.1, 0.15) is 0 Å². The van der Waals surface area contributed by atoms with Crippen molar-refractivity contribution < 1.29 is 4.74 Å².